The molecule has 1 fully saturated rings. The summed E-state index contributed by atoms with van der Waals surface area (Å²) in [5.74, 6) is 1.33. The number of nitrogens with zero attached hydrogens (tertiary/aromatic N) is 2. The maximum absolute atomic E-state index is 12.3. The van der Waals surface area contributed by atoms with E-state index in [-0.39, 0.29) is 5.37 Å². The number of rotatable bonds is 6. The lowest BCUT2D eigenvalue weighted by Gasteiger charge is -2.23. The summed E-state index contributed by atoms with van der Waals surface area (Å²) in [7, 11) is 0. The second kappa shape index (κ2) is 7.53. The molecule has 0 radical (unpaired) electrons. The molecule has 1 amide bonds. The van der Waals surface area contributed by atoms with Crippen LogP contribution in [0.2, 0.25) is 0 Å². The monoisotopic (exact) mass is 278 g/mol. The van der Waals surface area contributed by atoms with E-state index in [4.69, 9.17) is 0 Å². The zero-order valence-corrected chi connectivity index (χ0v) is 12.4. The number of amides is 1. The van der Waals surface area contributed by atoms with Gasteiger partial charge in [0.2, 0.25) is 5.91 Å². The van der Waals surface area contributed by atoms with Gasteiger partial charge in [-0.3, -0.25) is 9.78 Å². The second-order valence-electron chi connectivity index (χ2n) is 4.91. The van der Waals surface area contributed by atoms with E-state index in [1.165, 1.54) is 19.3 Å². The van der Waals surface area contributed by atoms with Gasteiger partial charge in [-0.1, -0.05) is 32.3 Å². The first-order valence-electron chi connectivity index (χ1n) is 7.14. The van der Waals surface area contributed by atoms with Gasteiger partial charge in [-0.15, -0.1) is 11.8 Å². The van der Waals surface area contributed by atoms with E-state index in [1.54, 1.807) is 6.20 Å². The molecule has 3 nitrogen and oxygen atoms in total. The Morgan fingerprint density at radius 3 is 3.11 bits per heavy atom. The van der Waals surface area contributed by atoms with Crippen molar-refractivity contribution in [3.8, 4) is 0 Å². The molecule has 0 aliphatic carbocycles. The summed E-state index contributed by atoms with van der Waals surface area (Å²) in [6, 6.07) is 4.01. The number of carbonyl (C=O) groups is 1. The molecule has 1 atom stereocenters. The highest BCUT2D eigenvalue weighted by molar-refractivity contribution is 7.99. The number of unbranched alkanes of at least 4 members (excludes halogenated alkanes) is 3. The number of pyridine rings is 1. The Morgan fingerprint density at radius 2 is 2.37 bits per heavy atom. The lowest BCUT2D eigenvalue weighted by Crippen LogP contribution is -2.30. The predicted octanol–water partition coefficient (Wildman–Crippen LogP) is 3.63. The molecule has 4 heteroatoms. The largest absolute Gasteiger partial charge is 0.326 e. The highest BCUT2D eigenvalue weighted by Gasteiger charge is 2.30. The zero-order chi connectivity index (χ0) is 13.5. The van der Waals surface area contributed by atoms with Crippen molar-refractivity contribution in [2.75, 3.05) is 12.3 Å². The van der Waals surface area contributed by atoms with Gasteiger partial charge < -0.3 is 4.90 Å². The van der Waals surface area contributed by atoms with Crippen molar-refractivity contribution in [3.63, 3.8) is 0 Å². The molecule has 0 saturated carbocycles. The van der Waals surface area contributed by atoms with Gasteiger partial charge in [0.1, 0.15) is 5.37 Å². The van der Waals surface area contributed by atoms with Gasteiger partial charge in [0.25, 0.3) is 0 Å². The third-order valence-corrected chi connectivity index (χ3v) is 4.69. The van der Waals surface area contributed by atoms with E-state index in [2.05, 4.69) is 18.0 Å². The maximum Gasteiger partial charge on any atom is 0.223 e. The Hall–Kier alpha value is -1.03. The molecule has 1 aromatic heterocycles. The molecular weight excluding hydrogens is 256 g/mol. The molecule has 1 aliphatic rings. The Balaban J connectivity index is 1.90. The zero-order valence-electron chi connectivity index (χ0n) is 11.5. The van der Waals surface area contributed by atoms with Crippen LogP contribution in [0.5, 0.6) is 0 Å². The Bertz CT molecular complexity index is 396. The second-order valence-corrected chi connectivity index (χ2v) is 6.10. The average molecular weight is 278 g/mol. The summed E-state index contributed by atoms with van der Waals surface area (Å²) < 4.78 is 0. The minimum Gasteiger partial charge on any atom is -0.326 e. The van der Waals surface area contributed by atoms with Crippen LogP contribution in [0.4, 0.5) is 0 Å². The summed E-state index contributed by atoms with van der Waals surface area (Å²) in [5, 5.41) is 0.173. The normalized spacial score (nSPS) is 18.8. The van der Waals surface area contributed by atoms with Gasteiger partial charge in [0, 0.05) is 36.7 Å². The SMILES string of the molecule is CCCCCCC(=O)N1CCS[C@@H]1c1cccnc1. The summed E-state index contributed by atoms with van der Waals surface area (Å²) in [6.45, 7) is 3.06. The van der Waals surface area contributed by atoms with Crippen LogP contribution in [-0.4, -0.2) is 28.1 Å². The number of thioether (sulfide) groups is 1. The first-order valence-corrected chi connectivity index (χ1v) is 8.19. The third-order valence-electron chi connectivity index (χ3n) is 3.43. The minimum absolute atomic E-state index is 0.173. The third kappa shape index (κ3) is 3.96. The van der Waals surface area contributed by atoms with E-state index < -0.39 is 0 Å². The van der Waals surface area contributed by atoms with Crippen molar-refractivity contribution < 1.29 is 4.79 Å². The van der Waals surface area contributed by atoms with Crippen molar-refractivity contribution >= 4 is 17.7 Å². The van der Waals surface area contributed by atoms with Crippen LogP contribution >= 0.6 is 11.8 Å². The number of hydrogen-bond donors (Lipinski definition) is 0. The predicted molar refractivity (Wildman–Crippen MR) is 79.9 cm³/mol. The maximum atomic E-state index is 12.3. The van der Waals surface area contributed by atoms with E-state index in [9.17, 15) is 4.79 Å². The lowest BCUT2D eigenvalue weighted by molar-refractivity contribution is -0.131. The molecular formula is C15H22N2OS. The molecule has 2 heterocycles. The van der Waals surface area contributed by atoms with E-state index >= 15 is 0 Å². The van der Waals surface area contributed by atoms with Crippen molar-refractivity contribution in [2.45, 2.75) is 44.4 Å². The standard InChI is InChI=1S/C15H22N2OS/c1-2-3-4-5-8-14(18)17-10-11-19-15(17)13-7-6-9-16-12-13/h6-7,9,12,15H,2-5,8,10-11H2,1H3/t15-/m1/s1. The summed E-state index contributed by atoms with van der Waals surface area (Å²) in [5.41, 5.74) is 1.15. The van der Waals surface area contributed by atoms with E-state index in [0.29, 0.717) is 12.3 Å². The van der Waals surface area contributed by atoms with Crippen LogP contribution in [0.3, 0.4) is 0 Å². The van der Waals surface area contributed by atoms with Gasteiger partial charge in [-0.05, 0) is 12.5 Å². The van der Waals surface area contributed by atoms with Crippen molar-refractivity contribution in [1.82, 2.24) is 9.88 Å². The van der Waals surface area contributed by atoms with Gasteiger partial charge in [-0.25, -0.2) is 0 Å². The Kier molecular flexibility index (Phi) is 5.70. The molecule has 0 spiro atoms. The molecule has 0 bridgehead atoms. The smallest absolute Gasteiger partial charge is 0.223 e. The number of aromatic nitrogens is 1. The van der Waals surface area contributed by atoms with Crippen LogP contribution in [-0.2, 0) is 4.79 Å². The van der Waals surface area contributed by atoms with Crippen molar-refractivity contribution in [3.05, 3.63) is 30.1 Å². The molecule has 0 aromatic carbocycles. The molecule has 2 rings (SSSR count). The fourth-order valence-corrected chi connectivity index (χ4v) is 3.63. The van der Waals surface area contributed by atoms with Crippen molar-refractivity contribution in [1.29, 1.82) is 0 Å². The topological polar surface area (TPSA) is 33.2 Å². The van der Waals surface area contributed by atoms with Gasteiger partial charge >= 0.3 is 0 Å². The van der Waals surface area contributed by atoms with Gasteiger partial charge in [0.15, 0.2) is 0 Å². The van der Waals surface area contributed by atoms with Crippen LogP contribution in [0, 0.1) is 0 Å². The van der Waals surface area contributed by atoms with Crippen LogP contribution < -0.4 is 0 Å². The summed E-state index contributed by atoms with van der Waals surface area (Å²) in [6.07, 6.45) is 8.98. The van der Waals surface area contributed by atoms with Crippen molar-refractivity contribution in [2.24, 2.45) is 0 Å². The fraction of sp³-hybridized carbons (Fsp3) is 0.600. The summed E-state index contributed by atoms with van der Waals surface area (Å²) in [4.78, 5) is 18.5. The first-order chi connectivity index (χ1) is 9.33. The first kappa shape index (κ1) is 14.4. The van der Waals surface area contributed by atoms with E-state index in [0.717, 1.165) is 24.3 Å². The molecule has 104 valence electrons. The van der Waals surface area contributed by atoms with E-state index in [1.807, 2.05) is 28.9 Å². The molecule has 1 aromatic rings. The Morgan fingerprint density at radius 1 is 1.47 bits per heavy atom. The van der Waals surface area contributed by atoms with Crippen LogP contribution in [0.1, 0.15) is 50.0 Å². The Labute approximate surface area is 119 Å². The fourth-order valence-electron chi connectivity index (χ4n) is 2.37. The summed E-state index contributed by atoms with van der Waals surface area (Å²) >= 11 is 1.84. The van der Waals surface area contributed by atoms with Gasteiger partial charge in [0.05, 0.1) is 0 Å². The molecule has 1 aliphatic heterocycles. The number of hydrogen-bond acceptors (Lipinski definition) is 3. The highest BCUT2D eigenvalue weighted by atomic mass is 32.2. The molecule has 19 heavy (non-hydrogen) atoms. The quantitative estimate of drug-likeness (QED) is 0.745. The van der Waals surface area contributed by atoms with Crippen LogP contribution in [0.15, 0.2) is 24.5 Å². The molecule has 0 unspecified atom stereocenters. The van der Waals surface area contributed by atoms with Gasteiger partial charge in [-0.2, -0.15) is 0 Å². The van der Waals surface area contributed by atoms with Crippen LogP contribution in [0.25, 0.3) is 0 Å². The minimum atomic E-state index is 0.173. The highest BCUT2D eigenvalue weighted by Crippen LogP contribution is 2.37. The molecule has 0 N–H and O–H groups in total. The lowest BCUT2D eigenvalue weighted by atomic mass is 10.1. The number of carbonyl (C=O) groups excluding carboxylic acids is 1. The average Bonchev–Trinajstić information content (AvgIpc) is 2.94. The molecule has 1 saturated heterocycles.